The van der Waals surface area contributed by atoms with Crippen LogP contribution in [0.3, 0.4) is 0 Å². The van der Waals surface area contributed by atoms with E-state index in [1.165, 1.54) is 0 Å². The first-order valence-corrected chi connectivity index (χ1v) is 10.5. The molecule has 2 aromatic carbocycles. The summed E-state index contributed by atoms with van der Waals surface area (Å²) in [5.74, 6) is -0.795. The van der Waals surface area contributed by atoms with Crippen LogP contribution < -0.4 is 0 Å². The summed E-state index contributed by atoms with van der Waals surface area (Å²) in [5.41, 5.74) is 2.13. The molecule has 1 fully saturated rings. The molecule has 0 radical (unpaired) electrons. The molecule has 6 heteroatoms. The number of carbonyl (C=O) groups is 2. The fourth-order valence-electron chi connectivity index (χ4n) is 3.55. The van der Waals surface area contributed by atoms with Crippen molar-refractivity contribution >= 4 is 27.8 Å². The number of nitrogens with zero attached hydrogens (tertiary/aromatic N) is 1. The number of rotatable bonds is 8. The summed E-state index contributed by atoms with van der Waals surface area (Å²) < 4.78 is 0.913. The fraction of sp³-hybridized carbons (Fsp3) is 0.304. The SMILES string of the molecule is O=C(O)c1ccc(CCCN2C(=O)CCC2/C=C/C(O)c2cccc(Br)c2)cc1. The Hall–Kier alpha value is -2.44. The number of aliphatic hydroxyl groups excluding tert-OH is 1. The number of amides is 1. The molecule has 1 aliphatic rings. The molecule has 1 aliphatic heterocycles. The molecule has 5 nitrogen and oxygen atoms in total. The zero-order chi connectivity index (χ0) is 20.8. The first-order chi connectivity index (χ1) is 13.9. The number of carboxylic acids is 1. The summed E-state index contributed by atoms with van der Waals surface area (Å²) in [7, 11) is 0. The van der Waals surface area contributed by atoms with Crippen molar-refractivity contribution in [3.05, 3.63) is 81.8 Å². The highest BCUT2D eigenvalue weighted by molar-refractivity contribution is 9.10. The Balaban J connectivity index is 1.55. The Bertz CT molecular complexity index is 894. The van der Waals surface area contributed by atoms with E-state index >= 15 is 0 Å². The van der Waals surface area contributed by atoms with Crippen LogP contribution in [0.1, 0.15) is 46.9 Å². The number of hydrogen-bond acceptors (Lipinski definition) is 3. The number of carboxylic acid groups (broad SMARTS) is 1. The monoisotopic (exact) mass is 457 g/mol. The van der Waals surface area contributed by atoms with Crippen LogP contribution in [0.25, 0.3) is 0 Å². The maximum absolute atomic E-state index is 12.3. The Kier molecular flexibility index (Phi) is 7.23. The van der Waals surface area contributed by atoms with E-state index in [2.05, 4.69) is 15.9 Å². The van der Waals surface area contributed by atoms with Crippen LogP contribution in [0.2, 0.25) is 0 Å². The van der Waals surface area contributed by atoms with Gasteiger partial charge in [-0.25, -0.2) is 4.79 Å². The van der Waals surface area contributed by atoms with Crippen molar-refractivity contribution in [3.8, 4) is 0 Å². The highest BCUT2D eigenvalue weighted by Gasteiger charge is 2.28. The molecular formula is C23H24BrNO4. The van der Waals surface area contributed by atoms with Gasteiger partial charge in [-0.15, -0.1) is 0 Å². The highest BCUT2D eigenvalue weighted by atomic mass is 79.9. The van der Waals surface area contributed by atoms with Crippen molar-refractivity contribution < 1.29 is 19.8 Å². The molecule has 0 bridgehead atoms. The van der Waals surface area contributed by atoms with E-state index in [1.807, 2.05) is 47.4 Å². The van der Waals surface area contributed by atoms with Crippen LogP contribution in [-0.4, -0.2) is 39.6 Å². The van der Waals surface area contributed by atoms with Crippen LogP contribution in [0.5, 0.6) is 0 Å². The van der Waals surface area contributed by atoms with Gasteiger partial charge < -0.3 is 15.1 Å². The van der Waals surface area contributed by atoms with Crippen LogP contribution in [0.15, 0.2) is 65.2 Å². The van der Waals surface area contributed by atoms with E-state index in [1.54, 1.807) is 18.2 Å². The predicted octanol–water partition coefficient (Wildman–Crippen LogP) is 4.36. The van der Waals surface area contributed by atoms with E-state index < -0.39 is 12.1 Å². The number of aliphatic hydroxyl groups is 1. The van der Waals surface area contributed by atoms with Crippen LogP contribution >= 0.6 is 15.9 Å². The normalized spacial score (nSPS) is 17.8. The predicted molar refractivity (Wildman–Crippen MR) is 115 cm³/mol. The number of aromatic carboxylic acids is 1. The average molecular weight is 458 g/mol. The van der Waals surface area contributed by atoms with Crippen molar-refractivity contribution in [3.63, 3.8) is 0 Å². The number of likely N-dealkylation sites (tertiary alicyclic amines) is 1. The highest BCUT2D eigenvalue weighted by Crippen LogP contribution is 2.24. The largest absolute Gasteiger partial charge is 0.478 e. The van der Waals surface area contributed by atoms with Crippen molar-refractivity contribution in [2.45, 2.75) is 37.8 Å². The standard InChI is InChI=1S/C23H24BrNO4/c24-19-5-1-4-18(15-19)21(26)12-10-20-11-13-22(27)25(20)14-2-3-16-6-8-17(9-7-16)23(28)29/h1,4-10,12,15,20-21,26H,2-3,11,13-14H2,(H,28,29)/b12-10+. The maximum Gasteiger partial charge on any atom is 0.335 e. The maximum atomic E-state index is 12.3. The Morgan fingerprint density at radius 2 is 2.00 bits per heavy atom. The summed E-state index contributed by atoms with van der Waals surface area (Å²) >= 11 is 3.41. The number of benzene rings is 2. The van der Waals surface area contributed by atoms with Gasteiger partial charge in [-0.1, -0.05) is 52.3 Å². The van der Waals surface area contributed by atoms with Gasteiger partial charge in [0.1, 0.15) is 0 Å². The van der Waals surface area contributed by atoms with Gasteiger partial charge in [0.2, 0.25) is 5.91 Å². The molecule has 2 N–H and O–H groups in total. The Morgan fingerprint density at radius 1 is 1.24 bits per heavy atom. The molecule has 0 spiro atoms. The molecule has 1 amide bonds. The lowest BCUT2D eigenvalue weighted by Gasteiger charge is -2.22. The second kappa shape index (κ2) is 9.85. The van der Waals surface area contributed by atoms with Crippen molar-refractivity contribution in [1.29, 1.82) is 0 Å². The van der Waals surface area contributed by atoms with Crippen molar-refractivity contribution in [2.24, 2.45) is 0 Å². The van der Waals surface area contributed by atoms with Gasteiger partial charge in [-0.05, 0) is 54.7 Å². The van der Waals surface area contributed by atoms with Gasteiger partial charge in [0.25, 0.3) is 0 Å². The van der Waals surface area contributed by atoms with Gasteiger partial charge in [-0.2, -0.15) is 0 Å². The van der Waals surface area contributed by atoms with E-state index in [0.717, 1.165) is 34.9 Å². The Morgan fingerprint density at radius 3 is 2.69 bits per heavy atom. The van der Waals surface area contributed by atoms with Crippen LogP contribution in [0.4, 0.5) is 0 Å². The molecule has 2 aromatic rings. The second-order valence-corrected chi connectivity index (χ2v) is 8.10. The summed E-state index contributed by atoms with van der Waals surface area (Å²) in [5, 5.41) is 19.3. The zero-order valence-corrected chi connectivity index (χ0v) is 17.6. The minimum atomic E-state index is -0.932. The molecule has 3 rings (SSSR count). The summed E-state index contributed by atoms with van der Waals surface area (Å²) in [6.45, 7) is 0.640. The second-order valence-electron chi connectivity index (χ2n) is 7.18. The topological polar surface area (TPSA) is 77.8 Å². The molecule has 0 aliphatic carbocycles. The van der Waals surface area contributed by atoms with E-state index in [-0.39, 0.29) is 17.5 Å². The van der Waals surface area contributed by atoms with E-state index in [9.17, 15) is 14.7 Å². The lowest BCUT2D eigenvalue weighted by molar-refractivity contribution is -0.128. The molecular weight excluding hydrogens is 434 g/mol. The summed E-state index contributed by atoms with van der Waals surface area (Å²) in [6.07, 6.45) is 5.83. The van der Waals surface area contributed by atoms with Gasteiger partial charge in [-0.3, -0.25) is 4.79 Å². The number of hydrogen-bond donors (Lipinski definition) is 2. The van der Waals surface area contributed by atoms with Gasteiger partial charge >= 0.3 is 5.97 Å². The lowest BCUT2D eigenvalue weighted by Crippen LogP contribution is -2.33. The molecule has 152 valence electrons. The van der Waals surface area contributed by atoms with Crippen LogP contribution in [0, 0.1) is 0 Å². The molecule has 0 aromatic heterocycles. The molecule has 29 heavy (non-hydrogen) atoms. The molecule has 2 atom stereocenters. The quantitative estimate of drug-likeness (QED) is 0.577. The first kappa shape index (κ1) is 21.3. The number of carbonyl (C=O) groups excluding carboxylic acids is 1. The van der Waals surface area contributed by atoms with Crippen molar-refractivity contribution in [1.82, 2.24) is 4.90 Å². The fourth-order valence-corrected chi connectivity index (χ4v) is 3.97. The lowest BCUT2D eigenvalue weighted by atomic mass is 10.1. The summed E-state index contributed by atoms with van der Waals surface area (Å²) in [4.78, 5) is 25.1. The number of halogens is 1. The van der Waals surface area contributed by atoms with Gasteiger partial charge in [0.05, 0.1) is 17.7 Å². The Labute approximate surface area is 178 Å². The van der Waals surface area contributed by atoms with Crippen LogP contribution in [-0.2, 0) is 11.2 Å². The van der Waals surface area contributed by atoms with Gasteiger partial charge in [0, 0.05) is 17.4 Å². The minimum absolute atomic E-state index is 0.00121. The summed E-state index contributed by atoms with van der Waals surface area (Å²) in [6, 6.07) is 14.4. The first-order valence-electron chi connectivity index (χ1n) is 9.67. The molecule has 1 saturated heterocycles. The van der Waals surface area contributed by atoms with E-state index in [4.69, 9.17) is 5.11 Å². The third-order valence-corrected chi connectivity index (χ3v) is 5.64. The third-order valence-electron chi connectivity index (χ3n) is 5.15. The average Bonchev–Trinajstić information content (AvgIpc) is 3.06. The molecule has 1 heterocycles. The smallest absolute Gasteiger partial charge is 0.335 e. The molecule has 0 saturated carbocycles. The van der Waals surface area contributed by atoms with E-state index in [0.29, 0.717) is 13.0 Å². The van der Waals surface area contributed by atoms with Crippen molar-refractivity contribution in [2.75, 3.05) is 6.54 Å². The zero-order valence-electron chi connectivity index (χ0n) is 16.0. The molecule has 2 unspecified atom stereocenters. The minimum Gasteiger partial charge on any atom is -0.478 e. The number of aryl methyl sites for hydroxylation is 1. The van der Waals surface area contributed by atoms with Gasteiger partial charge in [0.15, 0.2) is 0 Å². The third kappa shape index (κ3) is 5.78.